The summed E-state index contributed by atoms with van der Waals surface area (Å²) < 4.78 is 11.7. The van der Waals surface area contributed by atoms with Gasteiger partial charge < -0.3 is 45.6 Å². The van der Waals surface area contributed by atoms with Crippen molar-refractivity contribution in [2.24, 2.45) is 28.7 Å². The molecule has 2 aromatic carbocycles. The van der Waals surface area contributed by atoms with Gasteiger partial charge in [-0.15, -0.1) is 0 Å². The minimum Gasteiger partial charge on any atom is -0.504 e. The number of hydrogen-bond donors (Lipinski definition) is 7. The number of nitrogens with one attached hydrogen (secondary N) is 2. The van der Waals surface area contributed by atoms with Crippen LogP contribution in [0.4, 0.5) is 0 Å². The number of aliphatic hydroxyl groups is 3. The average Bonchev–Trinajstić information content (AvgIpc) is 3.11. The van der Waals surface area contributed by atoms with E-state index in [-0.39, 0.29) is 83.1 Å². The summed E-state index contributed by atoms with van der Waals surface area (Å²) in [5, 5.41) is 62.9. The molecule has 0 spiro atoms. The lowest BCUT2D eigenvalue weighted by Gasteiger charge is -2.46. The third-order valence-electron chi connectivity index (χ3n) is 11.4. The number of aliphatic imine (C=N–C) groups is 1. The number of Topliss-reactive ketones (excluding diaryl/α,β-unsaturated/α-hetero) is 1. The van der Waals surface area contributed by atoms with Crippen molar-refractivity contribution in [3.8, 4) is 34.8 Å². The summed E-state index contributed by atoms with van der Waals surface area (Å²) >= 11 is 0. The maximum absolute atomic E-state index is 13.5. The van der Waals surface area contributed by atoms with Crippen molar-refractivity contribution in [1.29, 1.82) is 0 Å². The van der Waals surface area contributed by atoms with Crippen molar-refractivity contribution in [3.05, 3.63) is 46.0 Å². The Labute approximate surface area is 312 Å². The molecule has 0 saturated carbocycles. The first-order valence-corrected chi connectivity index (χ1v) is 20.8. The molecule has 7 bridgehead atoms. The topological polar surface area (TPSA) is 173 Å². The molecule has 8 unspecified atom stereocenters. The minimum atomic E-state index is -1.16. The van der Waals surface area contributed by atoms with Gasteiger partial charge in [-0.2, -0.15) is 0 Å². The number of benzene rings is 2. The Morgan fingerprint density at radius 2 is 1.90 bits per heavy atom. The normalized spacial score (nSPS) is 30.4. The van der Waals surface area contributed by atoms with Gasteiger partial charge in [0.1, 0.15) is 5.78 Å². The van der Waals surface area contributed by atoms with Gasteiger partial charge in [0, 0.05) is 71.9 Å². The Hall–Kier alpha value is -3.28. The van der Waals surface area contributed by atoms with E-state index in [0.717, 1.165) is 35.7 Å². The maximum atomic E-state index is 13.5. The molecule has 0 radical (unpaired) electrons. The van der Waals surface area contributed by atoms with Crippen LogP contribution in [0.1, 0.15) is 73.8 Å². The largest absolute Gasteiger partial charge is 0.504 e. The number of rotatable bonds is 3. The van der Waals surface area contributed by atoms with Gasteiger partial charge in [0.05, 0.1) is 11.7 Å². The second kappa shape index (κ2) is 16.0. The van der Waals surface area contributed by atoms with E-state index in [9.17, 15) is 30.3 Å². The van der Waals surface area contributed by atoms with Gasteiger partial charge in [0.25, 0.3) is 0 Å². The highest BCUT2D eigenvalue weighted by Crippen LogP contribution is 2.50. The predicted molar refractivity (Wildman–Crippen MR) is 202 cm³/mol. The molecule has 8 atom stereocenters. The number of nitrogens with zero attached hydrogens (tertiary/aromatic N) is 1. The number of carbonyl (C=O) groups is 1. The minimum absolute atomic E-state index is 0.00351. The first kappa shape index (κ1) is 37.1. The molecule has 280 valence electrons. The van der Waals surface area contributed by atoms with Crippen molar-refractivity contribution in [1.82, 2.24) is 10.6 Å². The Morgan fingerprint density at radius 3 is 2.71 bits per heavy atom. The van der Waals surface area contributed by atoms with E-state index in [4.69, 9.17) is 14.5 Å². The van der Waals surface area contributed by atoms with Crippen LogP contribution in [0.15, 0.2) is 23.2 Å². The van der Waals surface area contributed by atoms with Gasteiger partial charge in [0.2, 0.25) is 6.29 Å². The molecule has 2 aliphatic carbocycles. The van der Waals surface area contributed by atoms with Crippen LogP contribution >= 0.6 is 21.6 Å². The molecule has 7 rings (SSSR count). The number of aryl methyl sites for hydroxylation is 1. The highest BCUT2D eigenvalue weighted by molar-refractivity contribution is 8.77. The van der Waals surface area contributed by atoms with E-state index in [0.29, 0.717) is 54.8 Å². The number of fused-ring (bicyclic) bond motifs is 9. The number of guanidine groups is 1. The van der Waals surface area contributed by atoms with E-state index in [1.54, 1.807) is 6.07 Å². The molecular weight excluding hydrogens is 703 g/mol. The van der Waals surface area contributed by atoms with Crippen LogP contribution in [-0.2, 0) is 30.5 Å². The average molecular weight is 752 g/mol. The standard InChI is InChI=1S/C39H49N3O8S2/c1-20(2)30-18-51-52-33-11-8-22-14-24-15-23(4-3-5-26-21(6-9-25(44)16-32(22)46)7-10-31(45)36(26)49-19-43)35(47)37-27(24)17-28(38(48)50-37)34(33)29-12-13-40-39(41-29)42-30/h7,10,15,20,22,28-30,32-34,38,43,45-48H,4,6,8-9,11-14,16-19H2,1-2H3,(H2,40,41,42). The summed E-state index contributed by atoms with van der Waals surface area (Å²) in [6.45, 7) is 4.42. The molecule has 0 amide bonds. The second-order valence-corrected chi connectivity index (χ2v) is 17.7. The first-order chi connectivity index (χ1) is 25.1. The lowest BCUT2D eigenvalue weighted by Crippen LogP contribution is -2.58. The quantitative estimate of drug-likeness (QED) is 0.138. The molecule has 0 aromatic heterocycles. The number of aliphatic hydroxyl groups excluding tert-OH is 3. The van der Waals surface area contributed by atoms with E-state index in [1.165, 1.54) is 6.07 Å². The van der Waals surface area contributed by atoms with Crippen molar-refractivity contribution in [2.45, 2.75) is 101 Å². The number of ketones is 1. The van der Waals surface area contributed by atoms with E-state index in [2.05, 4.69) is 36.3 Å². The molecule has 13 heteroatoms. The summed E-state index contributed by atoms with van der Waals surface area (Å²) in [7, 11) is 3.70. The van der Waals surface area contributed by atoms with Crippen LogP contribution in [0.25, 0.3) is 0 Å². The van der Waals surface area contributed by atoms with Crippen LogP contribution in [0.3, 0.4) is 0 Å². The fraction of sp³-hybridized carbons (Fsp3) is 0.590. The molecule has 52 heavy (non-hydrogen) atoms. The lowest BCUT2D eigenvalue weighted by atomic mass is 9.72. The van der Waals surface area contributed by atoms with Gasteiger partial charge >= 0.3 is 0 Å². The molecule has 11 nitrogen and oxygen atoms in total. The van der Waals surface area contributed by atoms with Gasteiger partial charge in [-0.3, -0.25) is 9.79 Å². The zero-order chi connectivity index (χ0) is 36.5. The van der Waals surface area contributed by atoms with Crippen LogP contribution in [0.2, 0.25) is 0 Å². The number of phenols is 2. The third kappa shape index (κ3) is 7.69. The number of ether oxygens (including phenoxy) is 2. The second-order valence-electron chi connectivity index (χ2n) is 15.0. The highest BCUT2D eigenvalue weighted by atomic mass is 33.1. The molecule has 7 N–H and O–H groups in total. The molecule has 3 heterocycles. The van der Waals surface area contributed by atoms with Crippen LogP contribution in [0.5, 0.6) is 23.0 Å². The molecule has 5 aliphatic rings. The smallest absolute Gasteiger partial charge is 0.201 e. The van der Waals surface area contributed by atoms with Crippen molar-refractivity contribution < 1.29 is 39.8 Å². The molecule has 3 aliphatic heterocycles. The SMILES string of the molecule is CC(C)C1CSSC2CCC3Cc4cc(c(O)c5c4CC(C(O)O5)C2C2CCN=C(N1)N2)CC#Cc1c(ccc(O)c1OCO)CCC(=O)CC3O. The fourth-order valence-electron chi connectivity index (χ4n) is 8.50. The van der Waals surface area contributed by atoms with E-state index < -0.39 is 19.2 Å². The lowest BCUT2D eigenvalue weighted by molar-refractivity contribution is -0.121. The van der Waals surface area contributed by atoms with Gasteiger partial charge in [0.15, 0.2) is 35.8 Å². The van der Waals surface area contributed by atoms with Gasteiger partial charge in [-0.1, -0.05) is 59.4 Å². The predicted octanol–water partition coefficient (Wildman–Crippen LogP) is 3.82. The third-order valence-corrected chi connectivity index (χ3v) is 14.4. The molecule has 1 fully saturated rings. The van der Waals surface area contributed by atoms with Gasteiger partial charge in [-0.05, 0) is 67.6 Å². The molecular formula is C39H49N3O8S2. The summed E-state index contributed by atoms with van der Waals surface area (Å²) in [6.07, 6.45) is 1.79. The van der Waals surface area contributed by atoms with Crippen molar-refractivity contribution in [2.75, 3.05) is 19.1 Å². The Balaban J connectivity index is 1.32. The maximum Gasteiger partial charge on any atom is 0.201 e. The monoisotopic (exact) mass is 751 g/mol. The van der Waals surface area contributed by atoms with Crippen LogP contribution in [-0.4, -0.2) is 86.1 Å². The zero-order valence-electron chi connectivity index (χ0n) is 29.6. The highest BCUT2D eigenvalue weighted by Gasteiger charge is 2.46. The van der Waals surface area contributed by atoms with Crippen LogP contribution in [0, 0.1) is 35.5 Å². The van der Waals surface area contributed by atoms with E-state index in [1.807, 2.05) is 27.7 Å². The number of hydrogen-bond acceptors (Lipinski definition) is 13. The Kier molecular flexibility index (Phi) is 11.4. The number of carbonyl (C=O) groups excluding carboxylic acids is 1. The van der Waals surface area contributed by atoms with E-state index >= 15 is 0 Å². The number of phenolic OH excluding ortho intramolecular Hbond substituents is 2. The Morgan fingerprint density at radius 1 is 1.06 bits per heavy atom. The molecule has 1 saturated heterocycles. The molecule has 2 aromatic rings. The zero-order valence-corrected chi connectivity index (χ0v) is 31.3. The fourth-order valence-corrected chi connectivity index (χ4v) is 12.0. The summed E-state index contributed by atoms with van der Waals surface area (Å²) in [4.78, 5) is 18.3. The van der Waals surface area contributed by atoms with Crippen molar-refractivity contribution in [3.63, 3.8) is 0 Å². The summed E-state index contributed by atoms with van der Waals surface area (Å²) in [6, 6.07) is 5.33. The summed E-state index contributed by atoms with van der Waals surface area (Å²) in [5.41, 5.74) is 3.26. The summed E-state index contributed by atoms with van der Waals surface area (Å²) in [5.74, 6) is 7.66. The first-order valence-electron chi connectivity index (χ1n) is 18.5. The Bertz CT molecular complexity index is 1760. The number of aromatic hydroxyl groups is 2. The van der Waals surface area contributed by atoms with Crippen LogP contribution < -0.4 is 20.1 Å². The van der Waals surface area contributed by atoms with Gasteiger partial charge in [-0.25, -0.2) is 0 Å². The van der Waals surface area contributed by atoms with Crippen molar-refractivity contribution >= 4 is 33.3 Å².